The topological polar surface area (TPSA) is 63.7 Å². The van der Waals surface area contributed by atoms with E-state index in [1.807, 2.05) is 6.92 Å². The molecule has 0 spiro atoms. The number of carbonyl (C=O) groups is 1. The molecule has 0 fully saturated rings. The van der Waals surface area contributed by atoms with Gasteiger partial charge in [0.05, 0.1) is 30.2 Å². The van der Waals surface area contributed by atoms with Gasteiger partial charge in [-0.05, 0) is 44.2 Å². The molecule has 0 heterocycles. The largest absolute Gasteiger partial charge is 0.469 e. The number of methoxy groups -OCH3 is 1. The molecule has 0 amide bonds. The van der Waals surface area contributed by atoms with E-state index in [1.165, 1.54) is 11.4 Å². The highest BCUT2D eigenvalue weighted by atomic mass is 35.5. The van der Waals surface area contributed by atoms with E-state index in [1.54, 1.807) is 55.5 Å². The molecular formula is C18H20ClNO4S. The van der Waals surface area contributed by atoms with E-state index in [4.69, 9.17) is 11.6 Å². The van der Waals surface area contributed by atoms with E-state index in [2.05, 4.69) is 4.74 Å². The SMILES string of the molecule is COC(=O)CC(C)N(c1cccc(Cl)c1)S(=O)(=O)c1ccc(C)cc1. The van der Waals surface area contributed by atoms with Crippen molar-refractivity contribution in [3.05, 3.63) is 59.1 Å². The first kappa shape index (κ1) is 19.3. The molecule has 7 heteroatoms. The van der Waals surface area contributed by atoms with Gasteiger partial charge in [-0.3, -0.25) is 9.10 Å². The lowest BCUT2D eigenvalue weighted by Gasteiger charge is -2.30. The molecule has 134 valence electrons. The molecule has 0 bridgehead atoms. The molecule has 0 aliphatic rings. The fourth-order valence-corrected chi connectivity index (χ4v) is 4.31. The second-order valence-corrected chi connectivity index (χ2v) is 7.97. The number of aryl methyl sites for hydroxylation is 1. The lowest BCUT2D eigenvalue weighted by Crippen LogP contribution is -2.40. The Hall–Kier alpha value is -2.05. The Morgan fingerprint density at radius 3 is 2.40 bits per heavy atom. The Labute approximate surface area is 153 Å². The Morgan fingerprint density at radius 1 is 1.20 bits per heavy atom. The van der Waals surface area contributed by atoms with Crippen LogP contribution in [-0.4, -0.2) is 27.5 Å². The molecule has 0 radical (unpaired) electrons. The average molecular weight is 382 g/mol. The van der Waals surface area contributed by atoms with Crippen LogP contribution in [0.15, 0.2) is 53.4 Å². The second kappa shape index (κ2) is 7.89. The summed E-state index contributed by atoms with van der Waals surface area (Å²) < 4.78 is 32.3. The van der Waals surface area contributed by atoms with Crippen molar-refractivity contribution in [2.24, 2.45) is 0 Å². The highest BCUT2D eigenvalue weighted by Crippen LogP contribution is 2.29. The van der Waals surface area contributed by atoms with Gasteiger partial charge in [0, 0.05) is 5.02 Å². The maximum absolute atomic E-state index is 13.2. The van der Waals surface area contributed by atoms with Crippen LogP contribution in [0.3, 0.4) is 0 Å². The molecule has 2 aromatic rings. The third-order valence-electron chi connectivity index (χ3n) is 3.73. The first-order valence-electron chi connectivity index (χ1n) is 7.69. The predicted octanol–water partition coefficient (Wildman–Crippen LogP) is 3.80. The number of halogens is 1. The monoisotopic (exact) mass is 381 g/mol. The zero-order chi connectivity index (χ0) is 18.6. The van der Waals surface area contributed by atoms with Crippen molar-refractivity contribution in [2.75, 3.05) is 11.4 Å². The highest BCUT2D eigenvalue weighted by Gasteiger charge is 2.31. The van der Waals surface area contributed by atoms with Gasteiger partial charge in [0.25, 0.3) is 10.0 Å². The van der Waals surface area contributed by atoms with Crippen LogP contribution in [0.2, 0.25) is 5.02 Å². The smallest absolute Gasteiger partial charge is 0.307 e. The first-order chi connectivity index (χ1) is 11.8. The van der Waals surface area contributed by atoms with Crippen LogP contribution in [0.5, 0.6) is 0 Å². The maximum Gasteiger partial charge on any atom is 0.307 e. The van der Waals surface area contributed by atoms with Gasteiger partial charge in [-0.15, -0.1) is 0 Å². The molecule has 1 atom stereocenters. The summed E-state index contributed by atoms with van der Waals surface area (Å²) in [6.45, 7) is 3.54. The number of hydrogen-bond donors (Lipinski definition) is 0. The van der Waals surface area contributed by atoms with E-state index in [0.717, 1.165) is 5.56 Å². The normalized spacial score (nSPS) is 12.5. The molecule has 0 saturated heterocycles. The number of rotatable bonds is 6. The average Bonchev–Trinajstić information content (AvgIpc) is 2.55. The molecule has 0 saturated carbocycles. The van der Waals surface area contributed by atoms with Gasteiger partial charge in [-0.25, -0.2) is 8.42 Å². The second-order valence-electron chi connectivity index (χ2n) is 5.72. The van der Waals surface area contributed by atoms with Crippen LogP contribution in [0.1, 0.15) is 18.9 Å². The van der Waals surface area contributed by atoms with E-state index < -0.39 is 22.0 Å². The summed E-state index contributed by atoms with van der Waals surface area (Å²) in [4.78, 5) is 11.8. The molecule has 25 heavy (non-hydrogen) atoms. The van der Waals surface area contributed by atoms with Crippen LogP contribution >= 0.6 is 11.6 Å². The van der Waals surface area contributed by atoms with E-state index in [-0.39, 0.29) is 11.3 Å². The van der Waals surface area contributed by atoms with Crippen molar-refractivity contribution >= 4 is 33.3 Å². The van der Waals surface area contributed by atoms with Crippen molar-refractivity contribution in [2.45, 2.75) is 31.2 Å². The molecule has 2 rings (SSSR count). The zero-order valence-corrected chi connectivity index (χ0v) is 15.8. The number of nitrogens with zero attached hydrogens (tertiary/aromatic N) is 1. The summed E-state index contributed by atoms with van der Waals surface area (Å²) in [5, 5.41) is 0.409. The first-order valence-corrected chi connectivity index (χ1v) is 9.51. The van der Waals surface area contributed by atoms with Crippen LogP contribution in [-0.2, 0) is 19.6 Å². The molecular weight excluding hydrogens is 362 g/mol. The summed E-state index contributed by atoms with van der Waals surface area (Å²) in [6.07, 6.45) is -0.0753. The Balaban J connectivity index is 2.53. The Kier molecular flexibility index (Phi) is 6.08. The minimum absolute atomic E-state index is 0.0753. The van der Waals surface area contributed by atoms with Crippen LogP contribution in [0.25, 0.3) is 0 Å². The number of sulfonamides is 1. The summed E-state index contributed by atoms with van der Waals surface area (Å²) in [5.74, 6) is -0.487. The molecule has 5 nitrogen and oxygen atoms in total. The lowest BCUT2D eigenvalue weighted by atomic mass is 10.2. The minimum atomic E-state index is -3.87. The van der Waals surface area contributed by atoms with E-state index in [0.29, 0.717) is 10.7 Å². The van der Waals surface area contributed by atoms with Crippen LogP contribution in [0.4, 0.5) is 5.69 Å². The summed E-state index contributed by atoms with van der Waals surface area (Å²) >= 11 is 6.03. The van der Waals surface area contributed by atoms with Crippen molar-refractivity contribution in [1.82, 2.24) is 0 Å². The van der Waals surface area contributed by atoms with Crippen molar-refractivity contribution in [3.63, 3.8) is 0 Å². The highest BCUT2D eigenvalue weighted by molar-refractivity contribution is 7.92. The van der Waals surface area contributed by atoms with Gasteiger partial charge in [0.2, 0.25) is 0 Å². The van der Waals surface area contributed by atoms with Gasteiger partial charge >= 0.3 is 5.97 Å². The third kappa shape index (κ3) is 4.52. The summed E-state index contributed by atoms with van der Waals surface area (Å²) in [6, 6.07) is 12.4. The van der Waals surface area contributed by atoms with Gasteiger partial charge in [0.15, 0.2) is 0 Å². The number of benzene rings is 2. The maximum atomic E-state index is 13.2. The third-order valence-corrected chi connectivity index (χ3v) is 5.92. The number of anilines is 1. The van der Waals surface area contributed by atoms with Crippen molar-refractivity contribution in [1.29, 1.82) is 0 Å². The molecule has 0 aliphatic heterocycles. The molecule has 0 aromatic heterocycles. The fourth-order valence-electron chi connectivity index (χ4n) is 2.47. The van der Waals surface area contributed by atoms with Crippen molar-refractivity contribution in [3.8, 4) is 0 Å². The predicted molar refractivity (Wildman–Crippen MR) is 98.4 cm³/mol. The number of hydrogen-bond acceptors (Lipinski definition) is 4. The molecule has 1 unspecified atom stereocenters. The standard InChI is InChI=1S/C18H20ClNO4S/c1-13-7-9-17(10-8-13)25(22,23)20(14(2)11-18(21)24-3)16-6-4-5-15(19)12-16/h4-10,12,14H,11H2,1-3H3. The zero-order valence-electron chi connectivity index (χ0n) is 14.3. The van der Waals surface area contributed by atoms with Gasteiger partial charge in [-0.2, -0.15) is 0 Å². The molecule has 0 N–H and O–H groups in total. The van der Waals surface area contributed by atoms with E-state index >= 15 is 0 Å². The molecule has 0 aliphatic carbocycles. The Bertz CT molecular complexity index is 850. The Morgan fingerprint density at radius 2 is 1.84 bits per heavy atom. The van der Waals surface area contributed by atoms with Gasteiger partial charge in [-0.1, -0.05) is 35.4 Å². The van der Waals surface area contributed by atoms with Crippen LogP contribution in [0, 0.1) is 6.92 Å². The lowest BCUT2D eigenvalue weighted by molar-refractivity contribution is -0.140. The van der Waals surface area contributed by atoms with Gasteiger partial charge < -0.3 is 4.74 Å². The number of ether oxygens (including phenoxy) is 1. The number of carbonyl (C=O) groups excluding carboxylic acids is 1. The van der Waals surface area contributed by atoms with E-state index in [9.17, 15) is 13.2 Å². The van der Waals surface area contributed by atoms with Crippen LogP contribution < -0.4 is 4.31 Å². The quantitative estimate of drug-likeness (QED) is 0.714. The summed E-state index contributed by atoms with van der Waals surface area (Å²) in [5.41, 5.74) is 1.35. The van der Waals surface area contributed by atoms with Gasteiger partial charge in [0.1, 0.15) is 0 Å². The fraction of sp³-hybridized carbons (Fsp3) is 0.278. The number of esters is 1. The van der Waals surface area contributed by atoms with Crippen molar-refractivity contribution < 1.29 is 17.9 Å². The summed E-state index contributed by atoms with van der Waals surface area (Å²) in [7, 11) is -2.60. The molecule has 2 aromatic carbocycles. The minimum Gasteiger partial charge on any atom is -0.469 e.